The molecule has 0 N–H and O–H groups in total. The third-order valence-corrected chi connectivity index (χ3v) is 12.7. The average molecular weight is 796 g/mol. The van der Waals surface area contributed by atoms with Gasteiger partial charge in [-0.05, 0) is 139 Å². The van der Waals surface area contributed by atoms with Gasteiger partial charge in [0.1, 0.15) is 0 Å². The number of rotatable bonds is 7. The molecule has 296 valence electrons. The summed E-state index contributed by atoms with van der Waals surface area (Å²) in [6.07, 6.45) is 0. The maximum atomic E-state index is 2.52. The Morgan fingerprint density at radius 3 is 1.40 bits per heavy atom. The molecule has 62 heavy (non-hydrogen) atoms. The minimum atomic E-state index is 0.0233. The Labute approximate surface area is 365 Å². The summed E-state index contributed by atoms with van der Waals surface area (Å²) in [7, 11) is 0. The van der Waals surface area contributed by atoms with E-state index < -0.39 is 0 Å². The Balaban J connectivity index is 1.27. The number of para-hydroxylation sites is 1. The van der Waals surface area contributed by atoms with Crippen molar-refractivity contribution in [3.63, 3.8) is 0 Å². The molecular weight excluding hydrogens is 749 g/mol. The van der Waals surface area contributed by atoms with Crippen LogP contribution in [0.25, 0.3) is 22.3 Å². The monoisotopic (exact) mass is 795 g/mol. The molecule has 0 spiro atoms. The largest absolute Gasteiger partial charge is 0.311 e. The van der Waals surface area contributed by atoms with Crippen LogP contribution >= 0.6 is 0 Å². The van der Waals surface area contributed by atoms with Gasteiger partial charge in [-0.25, -0.2) is 0 Å². The fourth-order valence-corrected chi connectivity index (χ4v) is 9.68. The lowest BCUT2D eigenvalue weighted by Crippen LogP contribution is -2.61. The lowest BCUT2D eigenvalue weighted by Gasteiger charge is -2.45. The second kappa shape index (κ2) is 15.2. The molecule has 2 aliphatic heterocycles. The van der Waals surface area contributed by atoms with E-state index in [1.165, 1.54) is 78.1 Å². The van der Waals surface area contributed by atoms with Crippen LogP contribution in [0, 0.1) is 27.7 Å². The smallest absolute Gasteiger partial charge is 0.252 e. The first-order valence-electron chi connectivity index (χ1n) is 21.6. The molecule has 0 atom stereocenters. The van der Waals surface area contributed by atoms with Crippen molar-refractivity contribution in [1.82, 2.24) is 0 Å². The van der Waals surface area contributed by atoms with E-state index in [4.69, 9.17) is 0 Å². The summed E-state index contributed by atoms with van der Waals surface area (Å²) in [5.74, 6) is 0. The van der Waals surface area contributed by atoms with Crippen molar-refractivity contribution in [3.05, 3.63) is 229 Å². The first kappa shape index (κ1) is 37.4. The summed E-state index contributed by atoms with van der Waals surface area (Å²) in [6, 6.07) is 76.5. The lowest BCUT2D eigenvalue weighted by atomic mass is 9.33. The standard InChI is InChI=1S/C58H46BN3/c1-39-22-28-46(29-23-39)61-54-34-41(3)26-32-51(54)59-52-33-27-42(4)35-55(52)62(47-30-24-40(2)25-31-47)57-38-49(37-56(61)58(57)59)60(48-19-13-18-45(36-48)43-14-7-5-8-15-43)53-21-12-11-20-50(53)44-16-9-6-10-17-44/h5-38H,1-4H3. The number of hydrogen-bond acceptors (Lipinski definition) is 3. The molecule has 4 heteroatoms. The van der Waals surface area contributed by atoms with E-state index in [0.29, 0.717) is 0 Å². The van der Waals surface area contributed by atoms with Gasteiger partial charge < -0.3 is 14.7 Å². The number of benzene rings is 9. The number of hydrogen-bond donors (Lipinski definition) is 0. The van der Waals surface area contributed by atoms with E-state index in [2.05, 4.69) is 249 Å². The maximum absolute atomic E-state index is 2.52. The highest BCUT2D eigenvalue weighted by Crippen LogP contribution is 2.49. The SMILES string of the molecule is Cc1ccc(N2c3cc(C)ccc3B3c4ccc(C)cc4N(c4ccc(C)cc4)c4cc(N(c5cccc(-c6ccccc6)c5)c5ccccc5-c5ccccc5)cc2c43)cc1. The highest BCUT2D eigenvalue weighted by molar-refractivity contribution is 7.00. The molecule has 0 unspecified atom stereocenters. The molecule has 2 aliphatic rings. The van der Waals surface area contributed by atoms with Gasteiger partial charge in [-0.2, -0.15) is 0 Å². The maximum Gasteiger partial charge on any atom is 0.252 e. The Kier molecular flexibility index (Phi) is 9.16. The van der Waals surface area contributed by atoms with Crippen molar-refractivity contribution in [2.45, 2.75) is 27.7 Å². The van der Waals surface area contributed by atoms with E-state index in [9.17, 15) is 0 Å². The van der Waals surface area contributed by atoms with Crippen LogP contribution < -0.4 is 31.1 Å². The quantitative estimate of drug-likeness (QED) is 0.149. The Morgan fingerprint density at radius 1 is 0.355 bits per heavy atom. The molecule has 11 rings (SSSR count). The van der Waals surface area contributed by atoms with Crippen molar-refractivity contribution >= 4 is 74.3 Å². The highest BCUT2D eigenvalue weighted by Gasteiger charge is 2.44. The topological polar surface area (TPSA) is 9.72 Å². The van der Waals surface area contributed by atoms with Crippen LogP contribution in [0.3, 0.4) is 0 Å². The van der Waals surface area contributed by atoms with Gasteiger partial charge in [0.15, 0.2) is 0 Å². The predicted molar refractivity (Wildman–Crippen MR) is 265 cm³/mol. The Bertz CT molecular complexity index is 3000. The van der Waals surface area contributed by atoms with Crippen molar-refractivity contribution in [1.29, 1.82) is 0 Å². The van der Waals surface area contributed by atoms with Crippen LogP contribution in [0.4, 0.5) is 51.2 Å². The minimum absolute atomic E-state index is 0.0233. The zero-order valence-electron chi connectivity index (χ0n) is 35.5. The number of anilines is 9. The second-order valence-electron chi connectivity index (χ2n) is 16.9. The molecule has 0 amide bonds. The van der Waals surface area contributed by atoms with E-state index >= 15 is 0 Å². The molecule has 9 aromatic carbocycles. The summed E-state index contributed by atoms with van der Waals surface area (Å²) in [5, 5.41) is 0. The van der Waals surface area contributed by atoms with Crippen LogP contribution in [0.15, 0.2) is 206 Å². The zero-order valence-corrected chi connectivity index (χ0v) is 35.5. The van der Waals surface area contributed by atoms with Gasteiger partial charge in [-0.3, -0.25) is 0 Å². The summed E-state index contributed by atoms with van der Waals surface area (Å²) in [4.78, 5) is 7.53. The van der Waals surface area contributed by atoms with Crippen molar-refractivity contribution in [2.75, 3.05) is 14.7 Å². The summed E-state index contributed by atoms with van der Waals surface area (Å²) < 4.78 is 0. The molecule has 0 saturated carbocycles. The fourth-order valence-electron chi connectivity index (χ4n) is 9.68. The lowest BCUT2D eigenvalue weighted by molar-refractivity contribution is 1.22. The molecule has 0 saturated heterocycles. The van der Waals surface area contributed by atoms with Gasteiger partial charge in [0.25, 0.3) is 6.71 Å². The van der Waals surface area contributed by atoms with Crippen LogP contribution in [-0.4, -0.2) is 6.71 Å². The first-order valence-corrected chi connectivity index (χ1v) is 21.6. The molecule has 3 nitrogen and oxygen atoms in total. The van der Waals surface area contributed by atoms with Crippen molar-refractivity contribution < 1.29 is 0 Å². The molecule has 9 aromatic rings. The van der Waals surface area contributed by atoms with E-state index in [1.54, 1.807) is 0 Å². The van der Waals surface area contributed by atoms with Crippen LogP contribution in [0.2, 0.25) is 0 Å². The van der Waals surface area contributed by atoms with E-state index in [0.717, 1.165) is 34.0 Å². The highest BCUT2D eigenvalue weighted by atomic mass is 15.2. The van der Waals surface area contributed by atoms with Gasteiger partial charge in [-0.15, -0.1) is 0 Å². The molecule has 0 bridgehead atoms. The van der Waals surface area contributed by atoms with Gasteiger partial charge in [-0.1, -0.05) is 151 Å². The normalized spacial score (nSPS) is 12.4. The fraction of sp³-hybridized carbons (Fsp3) is 0.0690. The van der Waals surface area contributed by atoms with Crippen molar-refractivity contribution in [3.8, 4) is 22.3 Å². The van der Waals surface area contributed by atoms with Gasteiger partial charge in [0, 0.05) is 45.4 Å². The predicted octanol–water partition coefficient (Wildman–Crippen LogP) is 13.8. The number of nitrogens with zero attached hydrogens (tertiary/aromatic N) is 3. The summed E-state index contributed by atoms with van der Waals surface area (Å²) in [5.41, 5.74) is 23.9. The minimum Gasteiger partial charge on any atom is -0.311 e. The Morgan fingerprint density at radius 2 is 0.839 bits per heavy atom. The van der Waals surface area contributed by atoms with E-state index in [1.807, 2.05) is 0 Å². The van der Waals surface area contributed by atoms with Crippen LogP contribution in [0.5, 0.6) is 0 Å². The molecule has 2 heterocycles. The van der Waals surface area contributed by atoms with E-state index in [-0.39, 0.29) is 6.71 Å². The Hall–Kier alpha value is -7.56. The number of fused-ring (bicyclic) bond motifs is 4. The van der Waals surface area contributed by atoms with Gasteiger partial charge >= 0.3 is 0 Å². The van der Waals surface area contributed by atoms with Gasteiger partial charge in [0.05, 0.1) is 11.4 Å². The molecule has 0 radical (unpaired) electrons. The summed E-state index contributed by atoms with van der Waals surface area (Å²) >= 11 is 0. The molecular formula is C58H46BN3. The third-order valence-electron chi connectivity index (χ3n) is 12.7. The number of aryl methyl sites for hydroxylation is 4. The zero-order chi connectivity index (χ0) is 41.9. The molecule has 0 aliphatic carbocycles. The first-order chi connectivity index (χ1) is 30.4. The average Bonchev–Trinajstić information content (AvgIpc) is 3.30. The van der Waals surface area contributed by atoms with Gasteiger partial charge in [0.2, 0.25) is 0 Å². The third kappa shape index (κ3) is 6.38. The molecule has 0 fully saturated rings. The van der Waals surface area contributed by atoms with Crippen LogP contribution in [0.1, 0.15) is 22.3 Å². The summed E-state index contributed by atoms with van der Waals surface area (Å²) in [6.45, 7) is 8.78. The van der Waals surface area contributed by atoms with Crippen molar-refractivity contribution in [2.24, 2.45) is 0 Å². The van der Waals surface area contributed by atoms with Crippen LogP contribution in [-0.2, 0) is 0 Å². The molecule has 0 aromatic heterocycles. The second-order valence-corrected chi connectivity index (χ2v) is 16.9.